The van der Waals surface area contributed by atoms with Crippen molar-refractivity contribution in [3.63, 3.8) is 0 Å². The Labute approximate surface area is 172 Å². The van der Waals surface area contributed by atoms with E-state index in [2.05, 4.69) is 51.5 Å². The van der Waals surface area contributed by atoms with E-state index in [0.29, 0.717) is 13.0 Å². The Morgan fingerprint density at radius 2 is 1.79 bits per heavy atom. The Morgan fingerprint density at radius 3 is 2.55 bits per heavy atom. The van der Waals surface area contributed by atoms with Crippen molar-refractivity contribution in [3.8, 4) is 11.5 Å². The molecular weight excluding hydrogens is 366 g/mol. The number of hydrogen-bond acceptors (Lipinski definition) is 5. The summed E-state index contributed by atoms with van der Waals surface area (Å²) < 4.78 is 11.0. The summed E-state index contributed by atoms with van der Waals surface area (Å²) in [5.41, 5.74) is 2.42. The molecule has 1 amide bonds. The van der Waals surface area contributed by atoms with Crippen molar-refractivity contribution in [1.82, 2.24) is 10.2 Å². The van der Waals surface area contributed by atoms with Crippen LogP contribution in [0.15, 0.2) is 48.5 Å². The number of para-hydroxylation sites is 1. The van der Waals surface area contributed by atoms with Gasteiger partial charge in [-0.3, -0.25) is 9.69 Å². The number of hydrogen-bond donors (Lipinski definition) is 1. The molecule has 1 saturated heterocycles. The Morgan fingerprint density at radius 1 is 1.03 bits per heavy atom. The molecule has 1 atom stereocenters. The number of carbonyl (C=O) groups excluding carboxylic acids is 1. The average Bonchev–Trinajstić information content (AvgIpc) is 3.23. The van der Waals surface area contributed by atoms with E-state index in [0.717, 1.165) is 49.7 Å². The lowest BCUT2D eigenvalue weighted by molar-refractivity contribution is -0.121. The number of rotatable bonds is 7. The fourth-order valence-electron chi connectivity index (χ4n) is 4.03. The predicted octanol–water partition coefficient (Wildman–Crippen LogP) is 3.19. The molecule has 2 aliphatic heterocycles. The van der Waals surface area contributed by atoms with Crippen LogP contribution in [0.3, 0.4) is 0 Å². The summed E-state index contributed by atoms with van der Waals surface area (Å²) in [6.45, 7) is 6.71. The first-order chi connectivity index (χ1) is 14.2. The highest BCUT2D eigenvalue weighted by Gasteiger charge is 2.27. The van der Waals surface area contributed by atoms with Gasteiger partial charge in [-0.25, -0.2) is 0 Å². The van der Waals surface area contributed by atoms with Gasteiger partial charge >= 0.3 is 0 Å². The molecule has 2 aliphatic rings. The zero-order valence-electron chi connectivity index (χ0n) is 17.0. The molecule has 0 spiro atoms. The lowest BCUT2D eigenvalue weighted by Crippen LogP contribution is -2.49. The number of ether oxygens (including phenoxy) is 2. The molecular formula is C23H29N3O3. The molecule has 29 heavy (non-hydrogen) atoms. The number of fused-ring (bicyclic) bond motifs is 1. The third kappa shape index (κ3) is 4.65. The third-order valence-corrected chi connectivity index (χ3v) is 5.63. The van der Waals surface area contributed by atoms with E-state index < -0.39 is 0 Å². The first kappa shape index (κ1) is 19.6. The van der Waals surface area contributed by atoms with Gasteiger partial charge in [-0.2, -0.15) is 0 Å². The molecule has 1 fully saturated rings. The standard InChI is InChI=1S/C23H29N3O3/c1-2-6-23(27)24-16-20(18-9-10-21-22(15-18)29-17-28-21)26-13-11-25(12-14-26)19-7-4-3-5-8-19/h3-5,7-10,15,20H,2,6,11-14,16-17H2,1H3,(H,24,27)/t20-/m1/s1. The molecule has 4 rings (SSSR count). The monoisotopic (exact) mass is 395 g/mol. The van der Waals surface area contributed by atoms with Gasteiger partial charge in [0, 0.05) is 44.8 Å². The van der Waals surface area contributed by atoms with Gasteiger partial charge in [0.15, 0.2) is 11.5 Å². The zero-order chi connectivity index (χ0) is 20.1. The van der Waals surface area contributed by atoms with E-state index >= 15 is 0 Å². The van der Waals surface area contributed by atoms with Crippen molar-refractivity contribution in [1.29, 1.82) is 0 Å². The van der Waals surface area contributed by atoms with Crippen LogP contribution < -0.4 is 19.7 Å². The lowest BCUT2D eigenvalue weighted by atomic mass is 10.0. The minimum Gasteiger partial charge on any atom is -0.454 e. The van der Waals surface area contributed by atoms with Crippen molar-refractivity contribution in [2.45, 2.75) is 25.8 Å². The molecule has 154 valence electrons. The average molecular weight is 396 g/mol. The van der Waals surface area contributed by atoms with Crippen LogP contribution in [0.4, 0.5) is 5.69 Å². The van der Waals surface area contributed by atoms with Crippen molar-refractivity contribution in [3.05, 3.63) is 54.1 Å². The van der Waals surface area contributed by atoms with Crippen LogP contribution in [0.1, 0.15) is 31.4 Å². The van der Waals surface area contributed by atoms with Gasteiger partial charge in [0.05, 0.1) is 6.04 Å². The minimum atomic E-state index is 0.112. The molecule has 0 aromatic heterocycles. The maximum Gasteiger partial charge on any atom is 0.231 e. The molecule has 2 heterocycles. The molecule has 2 aromatic rings. The van der Waals surface area contributed by atoms with Crippen LogP contribution in [0.5, 0.6) is 11.5 Å². The van der Waals surface area contributed by atoms with Crippen LogP contribution in [0, 0.1) is 0 Å². The number of anilines is 1. The normalized spacial score (nSPS) is 17.2. The number of amides is 1. The molecule has 6 heteroatoms. The molecule has 0 unspecified atom stereocenters. The second kappa shape index (κ2) is 9.18. The van der Waals surface area contributed by atoms with Crippen molar-refractivity contribution >= 4 is 11.6 Å². The maximum absolute atomic E-state index is 12.1. The van der Waals surface area contributed by atoms with Gasteiger partial charge in [-0.15, -0.1) is 0 Å². The predicted molar refractivity (Wildman–Crippen MR) is 113 cm³/mol. The number of nitrogens with one attached hydrogen (secondary N) is 1. The summed E-state index contributed by atoms with van der Waals surface area (Å²) in [6.07, 6.45) is 1.42. The molecule has 0 aliphatic carbocycles. The molecule has 0 saturated carbocycles. The van der Waals surface area contributed by atoms with E-state index in [9.17, 15) is 4.79 Å². The van der Waals surface area contributed by atoms with E-state index in [1.54, 1.807) is 0 Å². The topological polar surface area (TPSA) is 54.0 Å². The summed E-state index contributed by atoms with van der Waals surface area (Å²) in [5, 5.41) is 3.12. The SMILES string of the molecule is CCCC(=O)NC[C@H](c1ccc2c(c1)OCO2)N1CCN(c2ccccc2)CC1. The largest absolute Gasteiger partial charge is 0.454 e. The number of piperazine rings is 1. The van der Waals surface area contributed by atoms with Gasteiger partial charge in [-0.1, -0.05) is 31.2 Å². The Bertz CT molecular complexity index is 819. The Hall–Kier alpha value is -2.73. The van der Waals surface area contributed by atoms with Crippen LogP contribution >= 0.6 is 0 Å². The van der Waals surface area contributed by atoms with Crippen LogP contribution in [-0.2, 0) is 4.79 Å². The Balaban J connectivity index is 1.47. The quantitative estimate of drug-likeness (QED) is 0.780. The van der Waals surface area contributed by atoms with Crippen LogP contribution in [0.25, 0.3) is 0 Å². The fourth-order valence-corrected chi connectivity index (χ4v) is 4.03. The maximum atomic E-state index is 12.1. The van der Waals surface area contributed by atoms with Gasteiger partial charge in [0.2, 0.25) is 12.7 Å². The fraction of sp³-hybridized carbons (Fsp3) is 0.435. The molecule has 1 N–H and O–H groups in total. The van der Waals surface area contributed by atoms with Gasteiger partial charge in [-0.05, 0) is 36.2 Å². The summed E-state index contributed by atoms with van der Waals surface area (Å²) in [7, 11) is 0. The number of carbonyl (C=O) groups is 1. The van der Waals surface area contributed by atoms with Crippen molar-refractivity contribution in [2.75, 3.05) is 44.4 Å². The smallest absolute Gasteiger partial charge is 0.231 e. The number of nitrogens with zero attached hydrogens (tertiary/aromatic N) is 2. The number of benzene rings is 2. The van der Waals surface area contributed by atoms with Crippen LogP contribution in [-0.4, -0.2) is 50.3 Å². The zero-order valence-corrected chi connectivity index (χ0v) is 17.0. The second-order valence-corrected chi connectivity index (χ2v) is 7.54. The van der Waals surface area contributed by atoms with Gasteiger partial charge in [0.25, 0.3) is 0 Å². The highest BCUT2D eigenvalue weighted by atomic mass is 16.7. The van der Waals surface area contributed by atoms with Crippen molar-refractivity contribution < 1.29 is 14.3 Å². The van der Waals surface area contributed by atoms with Crippen molar-refractivity contribution in [2.24, 2.45) is 0 Å². The van der Waals surface area contributed by atoms with Crippen LogP contribution in [0.2, 0.25) is 0 Å². The first-order valence-corrected chi connectivity index (χ1v) is 10.4. The van der Waals surface area contributed by atoms with E-state index in [1.165, 1.54) is 5.69 Å². The Kier molecular flexibility index (Phi) is 6.20. The highest BCUT2D eigenvalue weighted by molar-refractivity contribution is 5.75. The summed E-state index contributed by atoms with van der Waals surface area (Å²) in [6, 6.07) is 16.8. The molecule has 0 bridgehead atoms. The highest BCUT2D eigenvalue weighted by Crippen LogP contribution is 2.35. The van der Waals surface area contributed by atoms with Gasteiger partial charge < -0.3 is 19.7 Å². The summed E-state index contributed by atoms with van der Waals surface area (Å²) in [5.74, 6) is 1.69. The van der Waals surface area contributed by atoms with E-state index in [1.807, 2.05) is 19.1 Å². The summed E-state index contributed by atoms with van der Waals surface area (Å²) in [4.78, 5) is 17.0. The van der Waals surface area contributed by atoms with E-state index in [-0.39, 0.29) is 18.7 Å². The third-order valence-electron chi connectivity index (χ3n) is 5.63. The molecule has 0 radical (unpaired) electrons. The summed E-state index contributed by atoms with van der Waals surface area (Å²) >= 11 is 0. The molecule has 6 nitrogen and oxygen atoms in total. The first-order valence-electron chi connectivity index (χ1n) is 10.4. The minimum absolute atomic E-state index is 0.112. The second-order valence-electron chi connectivity index (χ2n) is 7.54. The van der Waals surface area contributed by atoms with Gasteiger partial charge in [0.1, 0.15) is 0 Å². The lowest BCUT2D eigenvalue weighted by Gasteiger charge is -2.40. The molecule has 2 aromatic carbocycles. The van der Waals surface area contributed by atoms with E-state index in [4.69, 9.17) is 9.47 Å².